The molecule has 8 nitrogen and oxygen atoms in total. The molecule has 27 heavy (non-hydrogen) atoms. The zero-order valence-corrected chi connectivity index (χ0v) is 16.4. The van der Waals surface area contributed by atoms with Gasteiger partial charge in [0.2, 0.25) is 0 Å². The minimum absolute atomic E-state index is 0.184. The summed E-state index contributed by atoms with van der Waals surface area (Å²) in [5.74, 6) is 1.98. The molecule has 0 saturated carbocycles. The average molecular weight is 394 g/mol. The molecule has 146 valence electrons. The van der Waals surface area contributed by atoms with E-state index in [0.717, 1.165) is 0 Å². The summed E-state index contributed by atoms with van der Waals surface area (Å²) in [6, 6.07) is 10.0. The van der Waals surface area contributed by atoms with Crippen LogP contribution in [0.5, 0.6) is 23.0 Å². The van der Waals surface area contributed by atoms with E-state index >= 15 is 0 Å². The lowest BCUT2D eigenvalue weighted by Crippen LogP contribution is -2.11. The minimum Gasteiger partial charge on any atom is -0.496 e. The van der Waals surface area contributed by atoms with Crippen LogP contribution in [0, 0.1) is 0 Å². The highest BCUT2D eigenvalue weighted by Gasteiger charge is 2.14. The van der Waals surface area contributed by atoms with Crippen molar-refractivity contribution in [1.29, 1.82) is 0 Å². The summed E-state index contributed by atoms with van der Waals surface area (Å²) in [4.78, 5) is 0. The van der Waals surface area contributed by atoms with E-state index < -0.39 is 10.2 Å². The van der Waals surface area contributed by atoms with Gasteiger partial charge >= 0.3 is 10.2 Å². The molecule has 0 aliphatic heterocycles. The topological polar surface area (TPSA) is 95.5 Å². The van der Waals surface area contributed by atoms with Gasteiger partial charge in [0.05, 0.1) is 34.1 Å². The van der Waals surface area contributed by atoms with Gasteiger partial charge in [0.1, 0.15) is 23.0 Å². The number of benzene rings is 2. The molecule has 2 rings (SSSR count). The van der Waals surface area contributed by atoms with E-state index in [2.05, 4.69) is 9.12 Å². The Morgan fingerprint density at radius 3 is 2.07 bits per heavy atom. The quantitative estimate of drug-likeness (QED) is 0.657. The zero-order chi connectivity index (χ0) is 19.9. The van der Waals surface area contributed by atoms with Gasteiger partial charge in [0, 0.05) is 30.3 Å². The first-order valence-electron chi connectivity index (χ1n) is 7.92. The van der Waals surface area contributed by atoms with E-state index in [0.29, 0.717) is 34.2 Å². The summed E-state index contributed by atoms with van der Waals surface area (Å²) >= 11 is 0. The first kappa shape index (κ1) is 20.4. The summed E-state index contributed by atoms with van der Waals surface area (Å²) < 4.78 is 51.4. The molecule has 1 N–H and O–H groups in total. The molecule has 0 bridgehead atoms. The molecule has 0 radical (unpaired) electrons. The highest BCUT2D eigenvalue weighted by molar-refractivity contribution is 7.91. The maximum atomic E-state index is 12.2. The summed E-state index contributed by atoms with van der Waals surface area (Å²) in [6.07, 6.45) is 1.45. The average Bonchev–Trinajstić information content (AvgIpc) is 2.67. The Kier molecular flexibility index (Phi) is 6.89. The molecule has 9 heteroatoms. The van der Waals surface area contributed by atoms with Crippen LogP contribution in [-0.4, -0.2) is 43.1 Å². The van der Waals surface area contributed by atoms with Crippen LogP contribution in [-0.2, 0) is 16.6 Å². The second-order valence-corrected chi connectivity index (χ2v) is 6.65. The van der Waals surface area contributed by atoms with Gasteiger partial charge in [0.15, 0.2) is 0 Å². The highest BCUT2D eigenvalue weighted by atomic mass is 32.2. The van der Waals surface area contributed by atoms with Crippen LogP contribution >= 0.6 is 0 Å². The van der Waals surface area contributed by atoms with E-state index in [1.807, 2.05) is 0 Å². The Bertz CT molecular complexity index is 887. The number of methoxy groups -OCH3 is 4. The lowest BCUT2D eigenvalue weighted by molar-refractivity contribution is 0.370. The number of para-hydroxylation sites is 2. The predicted molar refractivity (Wildman–Crippen MR) is 104 cm³/mol. The van der Waals surface area contributed by atoms with Crippen LogP contribution in [0.1, 0.15) is 5.56 Å². The van der Waals surface area contributed by atoms with Crippen molar-refractivity contribution in [3.05, 3.63) is 42.0 Å². The van der Waals surface area contributed by atoms with E-state index in [1.54, 1.807) is 36.4 Å². The molecule has 0 aliphatic rings. The molecular formula is C18H22N2O6S. The molecule has 0 amide bonds. The fourth-order valence-corrected chi connectivity index (χ4v) is 3.17. The van der Waals surface area contributed by atoms with Crippen molar-refractivity contribution in [1.82, 2.24) is 0 Å². The molecule has 0 aromatic heterocycles. The molecule has 0 aliphatic carbocycles. The first-order chi connectivity index (χ1) is 12.9. The van der Waals surface area contributed by atoms with Crippen LogP contribution in [0.25, 0.3) is 0 Å². The summed E-state index contributed by atoms with van der Waals surface area (Å²) in [6.45, 7) is 0. The number of rotatable bonds is 9. The molecular weight excluding hydrogens is 372 g/mol. The summed E-state index contributed by atoms with van der Waals surface area (Å²) in [7, 11) is 2.05. The van der Waals surface area contributed by atoms with Gasteiger partial charge in [-0.1, -0.05) is 12.1 Å². The standard InChI is InChI=1S/C18H22N2O6S/c1-23-13-11-17(25-3)14(18(12-13)26-4)9-10-19-27(21,22)20-15-7-5-6-8-16(15)24-2/h5-8,10-12,20H,9H2,1-4H3. The van der Waals surface area contributed by atoms with E-state index in [4.69, 9.17) is 18.9 Å². The molecule has 0 atom stereocenters. The summed E-state index contributed by atoms with van der Waals surface area (Å²) in [5.41, 5.74) is 0.953. The van der Waals surface area contributed by atoms with Crippen LogP contribution < -0.4 is 23.7 Å². The Labute approximate surface area is 158 Å². The number of hydrogen-bond donors (Lipinski definition) is 1. The Morgan fingerprint density at radius 1 is 0.926 bits per heavy atom. The highest BCUT2D eigenvalue weighted by Crippen LogP contribution is 2.34. The fraction of sp³-hybridized carbons (Fsp3) is 0.278. The number of hydrogen-bond acceptors (Lipinski definition) is 6. The normalized spacial score (nSPS) is 11.3. The lowest BCUT2D eigenvalue weighted by atomic mass is 10.1. The van der Waals surface area contributed by atoms with Crippen LogP contribution in [0.15, 0.2) is 40.8 Å². The molecule has 0 heterocycles. The Morgan fingerprint density at radius 2 is 1.52 bits per heavy atom. The number of nitrogens with zero attached hydrogens (tertiary/aromatic N) is 1. The third-order valence-electron chi connectivity index (χ3n) is 3.67. The van der Waals surface area contributed by atoms with Gasteiger partial charge in [0.25, 0.3) is 0 Å². The SMILES string of the molecule is COc1cc(OC)c(CC=NS(=O)(=O)Nc2ccccc2OC)c(OC)c1. The molecule has 2 aromatic carbocycles. The van der Waals surface area contributed by atoms with Crippen molar-refractivity contribution in [3.63, 3.8) is 0 Å². The van der Waals surface area contributed by atoms with Crippen LogP contribution in [0.2, 0.25) is 0 Å². The second kappa shape index (κ2) is 9.13. The third-order valence-corrected chi connectivity index (χ3v) is 4.58. The Hall–Kier alpha value is -2.94. The van der Waals surface area contributed by atoms with Gasteiger partial charge in [-0.15, -0.1) is 0 Å². The van der Waals surface area contributed by atoms with Gasteiger partial charge in [-0.25, -0.2) is 0 Å². The van der Waals surface area contributed by atoms with E-state index in [-0.39, 0.29) is 6.42 Å². The predicted octanol–water partition coefficient (Wildman–Crippen LogP) is 2.69. The van der Waals surface area contributed by atoms with Crippen molar-refractivity contribution in [3.8, 4) is 23.0 Å². The van der Waals surface area contributed by atoms with Gasteiger partial charge in [-0.2, -0.15) is 12.8 Å². The second-order valence-electron chi connectivity index (χ2n) is 5.28. The van der Waals surface area contributed by atoms with Crippen molar-refractivity contribution in [2.75, 3.05) is 33.2 Å². The van der Waals surface area contributed by atoms with Crippen LogP contribution in [0.4, 0.5) is 5.69 Å². The van der Waals surface area contributed by atoms with Gasteiger partial charge < -0.3 is 18.9 Å². The van der Waals surface area contributed by atoms with Crippen molar-refractivity contribution in [2.24, 2.45) is 4.40 Å². The maximum absolute atomic E-state index is 12.2. The van der Waals surface area contributed by atoms with Crippen LogP contribution in [0.3, 0.4) is 0 Å². The molecule has 0 saturated heterocycles. The number of anilines is 1. The molecule has 2 aromatic rings. The Balaban J connectivity index is 2.21. The van der Waals surface area contributed by atoms with E-state index in [1.165, 1.54) is 34.7 Å². The zero-order valence-electron chi connectivity index (χ0n) is 15.6. The minimum atomic E-state index is -3.96. The first-order valence-corrected chi connectivity index (χ1v) is 9.36. The van der Waals surface area contributed by atoms with Crippen molar-refractivity contribution in [2.45, 2.75) is 6.42 Å². The van der Waals surface area contributed by atoms with Crippen molar-refractivity contribution < 1.29 is 27.4 Å². The number of ether oxygens (including phenoxy) is 4. The number of nitrogens with one attached hydrogen (secondary N) is 1. The van der Waals surface area contributed by atoms with Gasteiger partial charge in [-0.05, 0) is 12.1 Å². The monoisotopic (exact) mass is 394 g/mol. The third kappa shape index (κ3) is 5.27. The molecule has 0 spiro atoms. The smallest absolute Gasteiger partial charge is 0.342 e. The summed E-state index contributed by atoms with van der Waals surface area (Å²) in [5, 5.41) is 0. The van der Waals surface area contributed by atoms with E-state index in [9.17, 15) is 8.42 Å². The fourth-order valence-electron chi connectivity index (χ4n) is 2.40. The van der Waals surface area contributed by atoms with Crippen molar-refractivity contribution >= 4 is 22.1 Å². The molecule has 0 fully saturated rings. The van der Waals surface area contributed by atoms with Gasteiger partial charge in [-0.3, -0.25) is 4.72 Å². The molecule has 0 unspecified atom stereocenters. The lowest BCUT2D eigenvalue weighted by Gasteiger charge is -2.13. The maximum Gasteiger partial charge on any atom is 0.342 e. The largest absolute Gasteiger partial charge is 0.496 e.